The van der Waals surface area contributed by atoms with Crippen molar-refractivity contribution in [2.75, 3.05) is 6.61 Å². The number of benzene rings is 1. The van der Waals surface area contributed by atoms with Gasteiger partial charge in [-0.2, -0.15) is 0 Å². The molecule has 1 aromatic carbocycles. The first-order valence-corrected chi connectivity index (χ1v) is 7.49. The molecule has 1 saturated carbocycles. The van der Waals surface area contributed by atoms with E-state index < -0.39 is 5.97 Å². The van der Waals surface area contributed by atoms with E-state index in [9.17, 15) is 4.79 Å². The second-order valence-corrected chi connectivity index (χ2v) is 5.84. The van der Waals surface area contributed by atoms with Crippen LogP contribution in [0.5, 0.6) is 5.75 Å². The van der Waals surface area contributed by atoms with Crippen molar-refractivity contribution in [3.8, 4) is 5.75 Å². The monoisotopic (exact) mass is 351 g/mol. The molecule has 1 heterocycles. The number of carboxylic acids is 1. The smallest absolute Gasteiger partial charge is 0.358 e. The zero-order valence-electron chi connectivity index (χ0n) is 11.2. The molecule has 7 heteroatoms. The molecule has 1 aromatic heterocycles. The highest BCUT2D eigenvalue weighted by Gasteiger charge is 2.33. The largest absolute Gasteiger partial charge is 0.492 e. The summed E-state index contributed by atoms with van der Waals surface area (Å²) in [5.74, 6) is 0.0282. The maximum atomic E-state index is 11.1. The van der Waals surface area contributed by atoms with Crippen LogP contribution in [-0.2, 0) is 6.54 Å². The van der Waals surface area contributed by atoms with E-state index in [0.29, 0.717) is 13.2 Å². The standard InChI is InChI=1S/C14H14BrN3O3/c15-10-3-5-11(6-4-10)21-8-7-18-13(9-1-2-9)12(14(19)20)16-17-18/h3-6,9H,1-2,7-8H2,(H,19,20). The van der Waals surface area contributed by atoms with Crippen molar-refractivity contribution in [2.24, 2.45) is 0 Å². The van der Waals surface area contributed by atoms with E-state index in [1.54, 1.807) is 4.68 Å². The summed E-state index contributed by atoms with van der Waals surface area (Å²) in [6, 6.07) is 7.55. The molecule has 110 valence electrons. The van der Waals surface area contributed by atoms with Gasteiger partial charge in [0.25, 0.3) is 0 Å². The summed E-state index contributed by atoms with van der Waals surface area (Å²) in [4.78, 5) is 11.1. The van der Waals surface area contributed by atoms with Gasteiger partial charge in [-0.15, -0.1) is 5.10 Å². The zero-order valence-corrected chi connectivity index (χ0v) is 12.8. The third-order valence-corrected chi connectivity index (χ3v) is 3.85. The lowest BCUT2D eigenvalue weighted by atomic mass is 10.2. The summed E-state index contributed by atoms with van der Waals surface area (Å²) in [7, 11) is 0. The van der Waals surface area contributed by atoms with Crippen molar-refractivity contribution in [2.45, 2.75) is 25.3 Å². The fourth-order valence-electron chi connectivity index (χ4n) is 2.18. The van der Waals surface area contributed by atoms with Gasteiger partial charge < -0.3 is 9.84 Å². The molecule has 2 aromatic rings. The SMILES string of the molecule is O=C(O)c1nnn(CCOc2ccc(Br)cc2)c1C1CC1. The van der Waals surface area contributed by atoms with E-state index in [1.807, 2.05) is 24.3 Å². The molecule has 1 aliphatic carbocycles. The van der Waals surface area contributed by atoms with Gasteiger partial charge in [-0.25, -0.2) is 9.48 Å². The first-order valence-electron chi connectivity index (χ1n) is 6.70. The van der Waals surface area contributed by atoms with E-state index in [1.165, 1.54) is 0 Å². The maximum Gasteiger partial charge on any atom is 0.358 e. The molecule has 3 rings (SSSR count). The topological polar surface area (TPSA) is 77.2 Å². The summed E-state index contributed by atoms with van der Waals surface area (Å²) in [6.07, 6.45) is 2.00. The number of rotatable bonds is 6. The second-order valence-electron chi connectivity index (χ2n) is 4.93. The van der Waals surface area contributed by atoms with E-state index in [0.717, 1.165) is 28.8 Å². The summed E-state index contributed by atoms with van der Waals surface area (Å²) < 4.78 is 8.28. The molecular formula is C14H14BrN3O3. The molecule has 21 heavy (non-hydrogen) atoms. The van der Waals surface area contributed by atoms with Gasteiger partial charge in [-0.1, -0.05) is 21.1 Å². The zero-order chi connectivity index (χ0) is 14.8. The van der Waals surface area contributed by atoms with Crippen LogP contribution >= 0.6 is 15.9 Å². The Hall–Kier alpha value is -1.89. The Kier molecular flexibility index (Phi) is 3.92. The predicted molar refractivity (Wildman–Crippen MR) is 78.6 cm³/mol. The van der Waals surface area contributed by atoms with Gasteiger partial charge >= 0.3 is 5.97 Å². The number of nitrogens with zero attached hydrogens (tertiary/aromatic N) is 3. The van der Waals surface area contributed by atoms with Gasteiger partial charge in [-0.05, 0) is 37.1 Å². The molecule has 1 N–H and O–H groups in total. The molecule has 0 radical (unpaired) electrons. The van der Waals surface area contributed by atoms with Gasteiger partial charge in [0.1, 0.15) is 12.4 Å². The lowest BCUT2D eigenvalue weighted by Crippen LogP contribution is -2.13. The second kappa shape index (κ2) is 5.85. The molecule has 0 aliphatic heterocycles. The van der Waals surface area contributed by atoms with E-state index >= 15 is 0 Å². The highest BCUT2D eigenvalue weighted by atomic mass is 79.9. The Morgan fingerprint density at radius 2 is 2.10 bits per heavy atom. The van der Waals surface area contributed by atoms with Crippen LogP contribution < -0.4 is 4.74 Å². The average molecular weight is 352 g/mol. The highest BCUT2D eigenvalue weighted by molar-refractivity contribution is 9.10. The van der Waals surface area contributed by atoms with Crippen LogP contribution in [0.3, 0.4) is 0 Å². The minimum absolute atomic E-state index is 0.0705. The number of aromatic nitrogens is 3. The predicted octanol–water partition coefficient (Wildman–Crippen LogP) is 2.70. The third-order valence-electron chi connectivity index (χ3n) is 3.33. The first-order chi connectivity index (χ1) is 10.1. The third kappa shape index (κ3) is 3.24. The number of halogens is 1. The van der Waals surface area contributed by atoms with Crippen molar-refractivity contribution in [3.05, 3.63) is 40.1 Å². The Labute approximate surface area is 129 Å². The minimum atomic E-state index is -1.02. The normalized spacial score (nSPS) is 14.1. The minimum Gasteiger partial charge on any atom is -0.492 e. The average Bonchev–Trinajstić information content (AvgIpc) is 3.21. The Balaban J connectivity index is 1.65. The van der Waals surface area contributed by atoms with Gasteiger partial charge in [0.05, 0.1) is 12.2 Å². The van der Waals surface area contributed by atoms with Gasteiger partial charge in [-0.3, -0.25) is 0 Å². The maximum absolute atomic E-state index is 11.1. The van der Waals surface area contributed by atoms with Crippen LogP contribution in [0.15, 0.2) is 28.7 Å². The summed E-state index contributed by atoms with van der Waals surface area (Å²) >= 11 is 3.37. The molecule has 1 aliphatic rings. The number of hydrogen-bond donors (Lipinski definition) is 1. The number of carbonyl (C=O) groups is 1. The molecule has 0 spiro atoms. The van der Waals surface area contributed by atoms with Crippen molar-refractivity contribution >= 4 is 21.9 Å². The fraction of sp³-hybridized carbons (Fsp3) is 0.357. The summed E-state index contributed by atoms with van der Waals surface area (Å²) in [6.45, 7) is 0.909. The number of hydrogen-bond acceptors (Lipinski definition) is 4. The van der Waals surface area contributed by atoms with Crippen LogP contribution in [0.1, 0.15) is 34.9 Å². The van der Waals surface area contributed by atoms with Crippen molar-refractivity contribution < 1.29 is 14.6 Å². The molecule has 6 nitrogen and oxygen atoms in total. The molecule has 0 amide bonds. The Morgan fingerprint density at radius 3 is 2.71 bits per heavy atom. The molecular weight excluding hydrogens is 338 g/mol. The quantitative estimate of drug-likeness (QED) is 0.865. The number of carboxylic acid groups (broad SMARTS) is 1. The van der Waals surface area contributed by atoms with E-state index in [4.69, 9.17) is 9.84 Å². The van der Waals surface area contributed by atoms with Crippen LogP contribution in [0, 0.1) is 0 Å². The van der Waals surface area contributed by atoms with Crippen LogP contribution in [0.4, 0.5) is 0 Å². The van der Waals surface area contributed by atoms with Crippen LogP contribution in [0.2, 0.25) is 0 Å². The van der Waals surface area contributed by atoms with Gasteiger partial charge in [0.2, 0.25) is 0 Å². The van der Waals surface area contributed by atoms with Gasteiger partial charge in [0, 0.05) is 10.4 Å². The van der Waals surface area contributed by atoms with E-state index in [-0.39, 0.29) is 11.6 Å². The summed E-state index contributed by atoms with van der Waals surface area (Å²) in [5, 5.41) is 16.8. The van der Waals surface area contributed by atoms with E-state index in [2.05, 4.69) is 26.2 Å². The van der Waals surface area contributed by atoms with Crippen LogP contribution in [0.25, 0.3) is 0 Å². The Bertz CT molecular complexity index is 650. The van der Waals surface area contributed by atoms with Crippen molar-refractivity contribution in [1.82, 2.24) is 15.0 Å². The molecule has 0 unspecified atom stereocenters. The molecule has 0 saturated heterocycles. The Morgan fingerprint density at radius 1 is 1.38 bits per heavy atom. The molecule has 0 atom stereocenters. The van der Waals surface area contributed by atoms with Crippen LogP contribution in [-0.4, -0.2) is 32.7 Å². The first kappa shape index (κ1) is 14.1. The lowest BCUT2D eigenvalue weighted by molar-refractivity contribution is 0.0689. The highest BCUT2D eigenvalue weighted by Crippen LogP contribution is 2.41. The number of aromatic carboxylic acids is 1. The number of ether oxygens (including phenoxy) is 1. The lowest BCUT2D eigenvalue weighted by Gasteiger charge is -2.08. The molecule has 1 fully saturated rings. The molecule has 0 bridgehead atoms. The fourth-order valence-corrected chi connectivity index (χ4v) is 2.44. The van der Waals surface area contributed by atoms with Crippen molar-refractivity contribution in [3.63, 3.8) is 0 Å². The summed E-state index contributed by atoms with van der Waals surface area (Å²) in [5.41, 5.74) is 0.794. The van der Waals surface area contributed by atoms with Gasteiger partial charge in [0.15, 0.2) is 5.69 Å². The van der Waals surface area contributed by atoms with Crippen molar-refractivity contribution in [1.29, 1.82) is 0 Å².